The molecular weight excluding hydrogens is 332 g/mol. The van der Waals surface area contributed by atoms with E-state index < -0.39 is 0 Å². The maximum atomic E-state index is 12.2. The highest BCUT2D eigenvalue weighted by molar-refractivity contribution is 6.32. The topological polar surface area (TPSA) is 80.6 Å². The summed E-state index contributed by atoms with van der Waals surface area (Å²) in [6.45, 7) is 0.324. The standard InChI is InChI=1S/C17H17ClN2O4/c1-23-15-5-4-10(7-14(15)18)20-17(22)13-8-12(13)16(21)19-9-11-3-2-6-24-11/h2-7,12-13H,8-9H2,1H3,(H,19,21)(H,20,22). The summed E-state index contributed by atoms with van der Waals surface area (Å²) in [5, 5.41) is 5.96. The first-order valence-electron chi connectivity index (χ1n) is 7.53. The third-order valence-electron chi connectivity index (χ3n) is 3.90. The highest BCUT2D eigenvalue weighted by Gasteiger charge is 2.47. The van der Waals surface area contributed by atoms with Crippen LogP contribution in [0.15, 0.2) is 41.0 Å². The van der Waals surface area contributed by atoms with Crippen molar-refractivity contribution in [3.63, 3.8) is 0 Å². The first-order chi connectivity index (χ1) is 11.6. The van der Waals surface area contributed by atoms with Gasteiger partial charge in [-0.25, -0.2) is 0 Å². The number of anilines is 1. The quantitative estimate of drug-likeness (QED) is 0.841. The van der Waals surface area contributed by atoms with E-state index in [1.165, 1.54) is 7.11 Å². The highest BCUT2D eigenvalue weighted by Crippen LogP contribution is 2.40. The fourth-order valence-corrected chi connectivity index (χ4v) is 2.73. The molecule has 2 N–H and O–H groups in total. The van der Waals surface area contributed by atoms with E-state index in [9.17, 15) is 9.59 Å². The van der Waals surface area contributed by atoms with Crippen LogP contribution < -0.4 is 15.4 Å². The van der Waals surface area contributed by atoms with E-state index in [1.54, 1.807) is 36.6 Å². The summed E-state index contributed by atoms with van der Waals surface area (Å²) in [4.78, 5) is 24.2. The number of methoxy groups -OCH3 is 1. The summed E-state index contributed by atoms with van der Waals surface area (Å²) in [5.74, 6) is 0.277. The molecule has 0 saturated heterocycles. The molecule has 1 saturated carbocycles. The summed E-state index contributed by atoms with van der Waals surface area (Å²) in [6, 6.07) is 8.54. The SMILES string of the molecule is COc1ccc(NC(=O)C2CC2C(=O)NCc2ccco2)cc1Cl. The van der Waals surface area contributed by atoms with Gasteiger partial charge in [-0.15, -0.1) is 0 Å². The fourth-order valence-electron chi connectivity index (χ4n) is 2.47. The first kappa shape index (κ1) is 16.4. The van der Waals surface area contributed by atoms with Crippen LogP contribution in [0, 0.1) is 11.8 Å². The van der Waals surface area contributed by atoms with Crippen LogP contribution in [0.3, 0.4) is 0 Å². The van der Waals surface area contributed by atoms with E-state index in [0.29, 0.717) is 35.2 Å². The normalized spacial score (nSPS) is 18.8. The van der Waals surface area contributed by atoms with E-state index in [0.717, 1.165) is 0 Å². The number of hydrogen-bond acceptors (Lipinski definition) is 4. The minimum atomic E-state index is -0.317. The molecule has 1 aliphatic rings. The van der Waals surface area contributed by atoms with Gasteiger partial charge in [0.2, 0.25) is 11.8 Å². The first-order valence-corrected chi connectivity index (χ1v) is 7.91. The molecule has 1 fully saturated rings. The van der Waals surface area contributed by atoms with E-state index in [2.05, 4.69) is 10.6 Å². The van der Waals surface area contributed by atoms with Crippen molar-refractivity contribution in [3.05, 3.63) is 47.4 Å². The molecule has 0 radical (unpaired) electrons. The molecule has 1 aromatic heterocycles. The van der Waals surface area contributed by atoms with E-state index >= 15 is 0 Å². The average molecular weight is 349 g/mol. The average Bonchev–Trinajstić information content (AvgIpc) is 3.21. The molecule has 6 nitrogen and oxygen atoms in total. The molecule has 3 rings (SSSR count). The Balaban J connectivity index is 1.50. The van der Waals surface area contributed by atoms with Crippen LogP contribution in [0.1, 0.15) is 12.2 Å². The summed E-state index contributed by atoms with van der Waals surface area (Å²) in [7, 11) is 1.52. The molecule has 0 spiro atoms. The van der Waals surface area contributed by atoms with Crippen LogP contribution >= 0.6 is 11.6 Å². The second-order valence-electron chi connectivity index (χ2n) is 5.58. The number of rotatable bonds is 6. The molecule has 7 heteroatoms. The van der Waals surface area contributed by atoms with Crippen molar-refractivity contribution in [2.24, 2.45) is 11.8 Å². The van der Waals surface area contributed by atoms with Crippen molar-refractivity contribution in [2.45, 2.75) is 13.0 Å². The maximum absolute atomic E-state index is 12.2. The monoisotopic (exact) mass is 348 g/mol. The number of furan rings is 1. The van der Waals surface area contributed by atoms with Crippen LogP contribution in [0.5, 0.6) is 5.75 Å². The Hall–Kier alpha value is -2.47. The van der Waals surface area contributed by atoms with Crippen molar-refractivity contribution in [3.8, 4) is 5.75 Å². The Morgan fingerprint density at radius 1 is 1.29 bits per heavy atom. The molecule has 2 amide bonds. The van der Waals surface area contributed by atoms with Gasteiger partial charge in [0.25, 0.3) is 0 Å². The van der Waals surface area contributed by atoms with Gasteiger partial charge in [0.1, 0.15) is 11.5 Å². The van der Waals surface area contributed by atoms with Gasteiger partial charge in [0.05, 0.1) is 36.8 Å². The van der Waals surface area contributed by atoms with Gasteiger partial charge in [-0.2, -0.15) is 0 Å². The number of ether oxygens (including phenoxy) is 1. The molecule has 0 bridgehead atoms. The smallest absolute Gasteiger partial charge is 0.228 e. The van der Waals surface area contributed by atoms with Gasteiger partial charge >= 0.3 is 0 Å². The largest absolute Gasteiger partial charge is 0.495 e. The molecule has 126 valence electrons. The molecular formula is C17H17ClN2O4. The summed E-state index contributed by atoms with van der Waals surface area (Å²) >= 11 is 6.03. The summed E-state index contributed by atoms with van der Waals surface area (Å²) < 4.78 is 10.2. The number of benzene rings is 1. The summed E-state index contributed by atoms with van der Waals surface area (Å²) in [5.41, 5.74) is 0.576. The number of hydrogen-bond donors (Lipinski definition) is 2. The molecule has 24 heavy (non-hydrogen) atoms. The van der Waals surface area contributed by atoms with E-state index in [4.69, 9.17) is 20.8 Å². The van der Waals surface area contributed by atoms with Crippen LogP contribution in [0.2, 0.25) is 5.02 Å². The van der Waals surface area contributed by atoms with Gasteiger partial charge in [-0.3, -0.25) is 9.59 Å². The summed E-state index contributed by atoms with van der Waals surface area (Å²) in [6.07, 6.45) is 2.09. The zero-order valence-corrected chi connectivity index (χ0v) is 13.8. The van der Waals surface area contributed by atoms with Crippen molar-refractivity contribution >= 4 is 29.1 Å². The third-order valence-corrected chi connectivity index (χ3v) is 4.20. The van der Waals surface area contributed by atoms with Gasteiger partial charge in [0, 0.05) is 5.69 Å². The van der Waals surface area contributed by atoms with Crippen LogP contribution in [-0.2, 0) is 16.1 Å². The van der Waals surface area contributed by atoms with Crippen LogP contribution in [-0.4, -0.2) is 18.9 Å². The lowest BCUT2D eigenvalue weighted by atomic mass is 10.2. The molecule has 1 aliphatic carbocycles. The van der Waals surface area contributed by atoms with Crippen molar-refractivity contribution in [1.29, 1.82) is 0 Å². The highest BCUT2D eigenvalue weighted by atomic mass is 35.5. The van der Waals surface area contributed by atoms with Crippen molar-refractivity contribution in [2.75, 3.05) is 12.4 Å². The second-order valence-corrected chi connectivity index (χ2v) is 5.99. The zero-order chi connectivity index (χ0) is 17.1. The Morgan fingerprint density at radius 3 is 2.75 bits per heavy atom. The lowest BCUT2D eigenvalue weighted by Gasteiger charge is -2.08. The molecule has 0 aliphatic heterocycles. The number of amides is 2. The third kappa shape index (κ3) is 3.71. The lowest BCUT2D eigenvalue weighted by molar-refractivity contribution is -0.125. The van der Waals surface area contributed by atoms with Gasteiger partial charge < -0.3 is 19.8 Å². The number of nitrogens with one attached hydrogen (secondary N) is 2. The predicted octanol–water partition coefficient (Wildman–Crippen LogP) is 2.83. The Bertz CT molecular complexity index is 745. The van der Waals surface area contributed by atoms with Crippen LogP contribution in [0.25, 0.3) is 0 Å². The zero-order valence-electron chi connectivity index (χ0n) is 13.0. The Kier molecular flexibility index (Phi) is 4.76. The van der Waals surface area contributed by atoms with E-state index in [1.807, 2.05) is 0 Å². The minimum Gasteiger partial charge on any atom is -0.495 e. The van der Waals surface area contributed by atoms with Gasteiger partial charge in [-0.1, -0.05) is 11.6 Å². The molecule has 2 atom stereocenters. The van der Waals surface area contributed by atoms with Crippen LogP contribution in [0.4, 0.5) is 5.69 Å². The Morgan fingerprint density at radius 2 is 2.08 bits per heavy atom. The molecule has 2 unspecified atom stereocenters. The lowest BCUT2D eigenvalue weighted by Crippen LogP contribution is -2.26. The number of carbonyl (C=O) groups excluding carboxylic acids is 2. The van der Waals surface area contributed by atoms with Crippen molar-refractivity contribution in [1.82, 2.24) is 5.32 Å². The van der Waals surface area contributed by atoms with Crippen molar-refractivity contribution < 1.29 is 18.7 Å². The van der Waals surface area contributed by atoms with E-state index in [-0.39, 0.29) is 23.7 Å². The van der Waals surface area contributed by atoms with Gasteiger partial charge in [-0.05, 0) is 36.8 Å². The number of halogens is 1. The maximum Gasteiger partial charge on any atom is 0.228 e. The minimum absolute atomic E-state index is 0.140. The molecule has 1 heterocycles. The number of carbonyl (C=O) groups is 2. The molecule has 1 aromatic carbocycles. The van der Waals surface area contributed by atoms with Gasteiger partial charge in [0.15, 0.2) is 0 Å². The predicted molar refractivity (Wildman–Crippen MR) is 88.8 cm³/mol. The second kappa shape index (κ2) is 6.97. The Labute approximate surface area is 144 Å². The molecule has 2 aromatic rings. The fraction of sp³-hybridized carbons (Fsp3) is 0.294.